The molecule has 0 radical (unpaired) electrons. The van der Waals surface area contributed by atoms with Gasteiger partial charge in [0.25, 0.3) is 5.91 Å². The van der Waals surface area contributed by atoms with E-state index in [1.54, 1.807) is 0 Å². The van der Waals surface area contributed by atoms with Crippen molar-refractivity contribution < 1.29 is 27.1 Å². The maximum atomic E-state index is 13.7. The molecular formula is C26H20F3NO4. The predicted octanol–water partition coefficient (Wildman–Crippen LogP) is 6.02. The Labute approximate surface area is 192 Å². The second-order valence-electron chi connectivity index (χ2n) is 7.97. The third kappa shape index (κ3) is 4.66. The lowest BCUT2D eigenvalue weighted by molar-refractivity contribution is -0.118. The average Bonchev–Trinajstić information content (AvgIpc) is 2.83. The number of fused-ring (bicyclic) bond motifs is 1. The molecule has 1 amide bonds. The van der Waals surface area contributed by atoms with Crippen LogP contribution in [0.15, 0.2) is 70.1 Å². The molecule has 1 heterocycles. The molecule has 1 aromatic heterocycles. The summed E-state index contributed by atoms with van der Waals surface area (Å²) in [5.41, 5.74) is 1.86. The summed E-state index contributed by atoms with van der Waals surface area (Å²) in [7, 11) is 0. The van der Waals surface area contributed by atoms with E-state index in [1.807, 2.05) is 24.3 Å². The van der Waals surface area contributed by atoms with Gasteiger partial charge in [-0.3, -0.25) is 9.59 Å². The Balaban J connectivity index is 1.48. The molecule has 0 unspecified atom stereocenters. The first-order chi connectivity index (χ1) is 16.2. The van der Waals surface area contributed by atoms with Crippen LogP contribution >= 0.6 is 0 Å². The summed E-state index contributed by atoms with van der Waals surface area (Å²) in [6.45, 7) is 3.64. The molecule has 0 atom stereocenters. The first-order valence-corrected chi connectivity index (χ1v) is 10.5. The SMILES string of the molecule is CC(C)c1ccc(-c2coc3cc(OCC(=O)Nc4ccc(F)c(F)c4F)ccc3c2=O)cc1. The number of hydrogen-bond acceptors (Lipinski definition) is 4. The van der Waals surface area contributed by atoms with Gasteiger partial charge >= 0.3 is 0 Å². The van der Waals surface area contributed by atoms with Crippen LogP contribution in [-0.2, 0) is 4.79 Å². The number of nitrogens with one attached hydrogen (secondary N) is 1. The van der Waals surface area contributed by atoms with Gasteiger partial charge in [-0.1, -0.05) is 38.1 Å². The van der Waals surface area contributed by atoms with Gasteiger partial charge in [0.2, 0.25) is 0 Å². The number of rotatable bonds is 6. The van der Waals surface area contributed by atoms with Crippen LogP contribution in [0.3, 0.4) is 0 Å². The summed E-state index contributed by atoms with van der Waals surface area (Å²) in [6, 6.07) is 13.8. The minimum absolute atomic E-state index is 0.211. The summed E-state index contributed by atoms with van der Waals surface area (Å²) in [4.78, 5) is 25.0. The molecule has 34 heavy (non-hydrogen) atoms. The van der Waals surface area contributed by atoms with E-state index >= 15 is 0 Å². The smallest absolute Gasteiger partial charge is 0.262 e. The first kappa shape index (κ1) is 23.1. The Kier molecular flexibility index (Phi) is 6.40. The summed E-state index contributed by atoms with van der Waals surface area (Å²) < 4.78 is 51.0. The third-order valence-electron chi connectivity index (χ3n) is 5.31. The summed E-state index contributed by atoms with van der Waals surface area (Å²) in [5, 5.41) is 2.45. The highest BCUT2D eigenvalue weighted by Gasteiger charge is 2.16. The minimum atomic E-state index is -1.68. The van der Waals surface area contributed by atoms with Gasteiger partial charge in [-0.2, -0.15) is 0 Å². The van der Waals surface area contributed by atoms with Crippen molar-refractivity contribution in [3.05, 3.63) is 94.1 Å². The van der Waals surface area contributed by atoms with Crippen molar-refractivity contribution >= 4 is 22.6 Å². The molecule has 8 heteroatoms. The van der Waals surface area contributed by atoms with Crippen LogP contribution in [0.2, 0.25) is 0 Å². The van der Waals surface area contributed by atoms with Crippen molar-refractivity contribution in [2.24, 2.45) is 0 Å². The Bertz CT molecular complexity index is 1430. The van der Waals surface area contributed by atoms with E-state index in [0.717, 1.165) is 17.2 Å². The van der Waals surface area contributed by atoms with Gasteiger partial charge < -0.3 is 14.5 Å². The molecule has 0 aliphatic rings. The van der Waals surface area contributed by atoms with Crippen LogP contribution in [0, 0.1) is 17.5 Å². The molecule has 0 aliphatic heterocycles. The van der Waals surface area contributed by atoms with Crippen molar-refractivity contribution in [2.75, 3.05) is 11.9 Å². The monoisotopic (exact) mass is 467 g/mol. The third-order valence-corrected chi connectivity index (χ3v) is 5.31. The number of amides is 1. The number of anilines is 1. The molecule has 0 aliphatic carbocycles. The Morgan fingerprint density at radius 2 is 1.74 bits per heavy atom. The number of ether oxygens (including phenoxy) is 1. The van der Waals surface area contributed by atoms with Crippen molar-refractivity contribution in [3.8, 4) is 16.9 Å². The molecule has 0 spiro atoms. The molecule has 1 N–H and O–H groups in total. The zero-order valence-corrected chi connectivity index (χ0v) is 18.3. The van der Waals surface area contributed by atoms with Crippen LogP contribution in [0.1, 0.15) is 25.3 Å². The van der Waals surface area contributed by atoms with Crippen LogP contribution in [0.4, 0.5) is 18.9 Å². The van der Waals surface area contributed by atoms with E-state index in [1.165, 1.54) is 24.5 Å². The summed E-state index contributed by atoms with van der Waals surface area (Å²) in [6.07, 6.45) is 1.37. The standard InChI is InChI=1S/C26H20F3NO4/c1-14(2)15-3-5-16(6-4-15)19-12-34-22-11-17(7-8-18(22)26(19)32)33-13-23(31)30-21-10-9-20(27)24(28)25(21)29/h3-12,14H,13H2,1-2H3,(H,30,31). The maximum absolute atomic E-state index is 13.7. The van der Waals surface area contributed by atoms with E-state index in [0.29, 0.717) is 22.9 Å². The van der Waals surface area contributed by atoms with Crippen LogP contribution in [0.25, 0.3) is 22.1 Å². The highest BCUT2D eigenvalue weighted by molar-refractivity contribution is 5.92. The topological polar surface area (TPSA) is 68.5 Å². The van der Waals surface area contributed by atoms with Gasteiger partial charge in [-0.25, -0.2) is 13.2 Å². The van der Waals surface area contributed by atoms with Crippen molar-refractivity contribution in [3.63, 3.8) is 0 Å². The zero-order valence-electron chi connectivity index (χ0n) is 18.3. The van der Waals surface area contributed by atoms with Crippen LogP contribution in [0.5, 0.6) is 5.75 Å². The van der Waals surface area contributed by atoms with Crippen molar-refractivity contribution in [1.29, 1.82) is 0 Å². The van der Waals surface area contributed by atoms with Gasteiger partial charge in [0.05, 0.1) is 16.6 Å². The van der Waals surface area contributed by atoms with Gasteiger partial charge in [0, 0.05) is 6.07 Å². The van der Waals surface area contributed by atoms with Gasteiger partial charge in [0.15, 0.2) is 29.5 Å². The molecule has 0 fully saturated rings. The van der Waals surface area contributed by atoms with E-state index in [9.17, 15) is 22.8 Å². The quantitative estimate of drug-likeness (QED) is 0.352. The van der Waals surface area contributed by atoms with E-state index in [2.05, 4.69) is 19.2 Å². The van der Waals surface area contributed by atoms with Crippen molar-refractivity contribution in [1.82, 2.24) is 0 Å². The molecule has 0 saturated heterocycles. The number of carbonyl (C=O) groups is 1. The highest BCUT2D eigenvalue weighted by Crippen LogP contribution is 2.25. The van der Waals surface area contributed by atoms with E-state index in [-0.39, 0.29) is 16.8 Å². The molecule has 5 nitrogen and oxygen atoms in total. The zero-order chi connectivity index (χ0) is 24.4. The van der Waals surface area contributed by atoms with Crippen molar-refractivity contribution in [2.45, 2.75) is 19.8 Å². The fourth-order valence-corrected chi connectivity index (χ4v) is 3.40. The Morgan fingerprint density at radius 1 is 1.00 bits per heavy atom. The fourth-order valence-electron chi connectivity index (χ4n) is 3.40. The van der Waals surface area contributed by atoms with E-state index in [4.69, 9.17) is 9.15 Å². The predicted molar refractivity (Wildman–Crippen MR) is 122 cm³/mol. The fraction of sp³-hybridized carbons (Fsp3) is 0.154. The second-order valence-corrected chi connectivity index (χ2v) is 7.97. The Morgan fingerprint density at radius 3 is 2.44 bits per heavy atom. The number of halogens is 3. The number of benzene rings is 3. The molecule has 3 aromatic carbocycles. The highest BCUT2D eigenvalue weighted by atomic mass is 19.2. The second kappa shape index (κ2) is 9.43. The lowest BCUT2D eigenvalue weighted by Gasteiger charge is -2.10. The number of carbonyl (C=O) groups excluding carboxylic acids is 1. The lowest BCUT2D eigenvalue weighted by Crippen LogP contribution is -2.21. The Hall–Kier alpha value is -4.07. The molecule has 4 aromatic rings. The largest absolute Gasteiger partial charge is 0.484 e. The van der Waals surface area contributed by atoms with E-state index < -0.39 is 35.7 Å². The van der Waals surface area contributed by atoms with Crippen LogP contribution in [-0.4, -0.2) is 12.5 Å². The average molecular weight is 467 g/mol. The number of hydrogen-bond donors (Lipinski definition) is 1. The lowest BCUT2D eigenvalue weighted by atomic mass is 9.99. The minimum Gasteiger partial charge on any atom is -0.484 e. The molecule has 0 bridgehead atoms. The molecule has 0 saturated carbocycles. The summed E-state index contributed by atoms with van der Waals surface area (Å²) in [5.74, 6) is -4.73. The van der Waals surface area contributed by atoms with Crippen LogP contribution < -0.4 is 15.5 Å². The molecule has 4 rings (SSSR count). The normalized spacial score (nSPS) is 11.1. The molecule has 174 valence electrons. The molecular weight excluding hydrogens is 447 g/mol. The first-order valence-electron chi connectivity index (χ1n) is 10.5. The van der Waals surface area contributed by atoms with Gasteiger partial charge in [0.1, 0.15) is 17.6 Å². The maximum Gasteiger partial charge on any atom is 0.262 e. The van der Waals surface area contributed by atoms with Gasteiger partial charge in [-0.05, 0) is 41.3 Å². The van der Waals surface area contributed by atoms with Gasteiger partial charge in [-0.15, -0.1) is 0 Å². The summed E-state index contributed by atoms with van der Waals surface area (Å²) >= 11 is 0.